The van der Waals surface area contributed by atoms with Crippen molar-refractivity contribution in [3.8, 4) is 0 Å². The molecule has 0 radical (unpaired) electrons. The number of rotatable bonds is 2. The van der Waals surface area contributed by atoms with Crippen LogP contribution in [-0.4, -0.2) is 12.1 Å². The zero-order chi connectivity index (χ0) is 14.9. The lowest BCUT2D eigenvalue weighted by Gasteiger charge is -2.32. The van der Waals surface area contributed by atoms with Gasteiger partial charge in [0.15, 0.2) is 0 Å². The van der Waals surface area contributed by atoms with Crippen molar-refractivity contribution in [3.63, 3.8) is 0 Å². The second kappa shape index (κ2) is 5.70. The molecular weight excluding hydrogens is 280 g/mol. The summed E-state index contributed by atoms with van der Waals surface area (Å²) in [6.45, 7) is 7.27. The number of nitrogens with zero attached hydrogens (tertiary/aromatic N) is 1. The molecule has 21 heavy (non-hydrogen) atoms. The number of halogens is 1. The molecule has 3 rings (SSSR count). The van der Waals surface area contributed by atoms with Crippen molar-refractivity contribution in [1.82, 2.24) is 5.32 Å². The molecule has 110 valence electrons. The van der Waals surface area contributed by atoms with Crippen molar-refractivity contribution in [2.45, 2.75) is 32.5 Å². The van der Waals surface area contributed by atoms with Crippen molar-refractivity contribution in [3.05, 3.63) is 64.7 Å². The first kappa shape index (κ1) is 14.4. The Morgan fingerprint density at radius 3 is 2.76 bits per heavy atom. The monoisotopic (exact) mass is 300 g/mol. The zero-order valence-corrected chi connectivity index (χ0v) is 13.3. The summed E-state index contributed by atoms with van der Waals surface area (Å²) in [7, 11) is 0. The molecule has 0 amide bonds. The van der Waals surface area contributed by atoms with Gasteiger partial charge < -0.3 is 10.2 Å². The molecular formula is C18H21ClN2. The lowest BCUT2D eigenvalue weighted by Crippen LogP contribution is -2.46. The van der Waals surface area contributed by atoms with Gasteiger partial charge in [-0.1, -0.05) is 41.9 Å². The minimum atomic E-state index is 0.0809. The summed E-state index contributed by atoms with van der Waals surface area (Å²) < 4.78 is 0. The Balaban J connectivity index is 1.94. The summed E-state index contributed by atoms with van der Waals surface area (Å²) in [5.74, 6) is 0. The summed E-state index contributed by atoms with van der Waals surface area (Å²) in [5, 5.41) is 4.44. The lowest BCUT2D eigenvalue weighted by atomic mass is 10.0. The quantitative estimate of drug-likeness (QED) is 0.893. The highest BCUT2D eigenvalue weighted by atomic mass is 35.5. The maximum atomic E-state index is 6.12. The lowest BCUT2D eigenvalue weighted by molar-refractivity contribution is 0.395. The predicted octanol–water partition coefficient (Wildman–Crippen LogP) is 4.23. The molecule has 0 saturated heterocycles. The van der Waals surface area contributed by atoms with Crippen molar-refractivity contribution in [1.29, 1.82) is 0 Å². The standard InChI is InChI=1S/C18H21ClN2/c1-18(2)13-21(12-14-6-5-8-16(19)10-14)17-9-4-3-7-15(17)11-20-18/h3-10,20H,11-13H2,1-2H3. The van der Waals surface area contributed by atoms with Gasteiger partial charge in [-0.25, -0.2) is 0 Å². The maximum absolute atomic E-state index is 6.12. The summed E-state index contributed by atoms with van der Waals surface area (Å²) in [6, 6.07) is 16.8. The molecule has 0 atom stereocenters. The topological polar surface area (TPSA) is 15.3 Å². The van der Waals surface area contributed by atoms with Gasteiger partial charge in [-0.2, -0.15) is 0 Å². The number of para-hydroxylation sites is 1. The molecule has 0 spiro atoms. The van der Waals surface area contributed by atoms with E-state index in [1.54, 1.807) is 0 Å². The zero-order valence-electron chi connectivity index (χ0n) is 12.6. The molecule has 0 aliphatic carbocycles. The van der Waals surface area contributed by atoms with Crippen LogP contribution in [0.3, 0.4) is 0 Å². The van der Waals surface area contributed by atoms with Crippen molar-refractivity contribution in [2.24, 2.45) is 0 Å². The van der Waals surface area contributed by atoms with Crippen molar-refractivity contribution < 1.29 is 0 Å². The smallest absolute Gasteiger partial charge is 0.0430 e. The molecule has 2 aromatic carbocycles. The third kappa shape index (κ3) is 3.39. The van der Waals surface area contributed by atoms with E-state index < -0.39 is 0 Å². The Morgan fingerprint density at radius 2 is 1.95 bits per heavy atom. The predicted molar refractivity (Wildman–Crippen MR) is 89.9 cm³/mol. The normalized spacial score (nSPS) is 17.2. The van der Waals surface area contributed by atoms with Gasteiger partial charge in [0.25, 0.3) is 0 Å². The van der Waals surface area contributed by atoms with E-state index in [9.17, 15) is 0 Å². The van der Waals surface area contributed by atoms with Crippen LogP contribution >= 0.6 is 11.6 Å². The first-order valence-electron chi connectivity index (χ1n) is 7.36. The Bertz CT molecular complexity index is 637. The second-order valence-electron chi connectivity index (χ2n) is 6.35. The van der Waals surface area contributed by atoms with Crippen LogP contribution in [0, 0.1) is 0 Å². The summed E-state index contributed by atoms with van der Waals surface area (Å²) in [4.78, 5) is 2.45. The summed E-state index contributed by atoms with van der Waals surface area (Å²) >= 11 is 6.12. The molecule has 0 bridgehead atoms. The Labute approximate surface area is 131 Å². The Kier molecular flexibility index (Phi) is 3.92. The maximum Gasteiger partial charge on any atom is 0.0430 e. The molecule has 2 aromatic rings. The van der Waals surface area contributed by atoms with E-state index in [2.05, 4.69) is 60.5 Å². The molecule has 1 N–H and O–H groups in total. The van der Waals surface area contributed by atoms with Crippen LogP contribution in [0.5, 0.6) is 0 Å². The molecule has 1 heterocycles. The number of nitrogens with one attached hydrogen (secondary N) is 1. The minimum absolute atomic E-state index is 0.0809. The van der Waals surface area contributed by atoms with Gasteiger partial charge in [0.05, 0.1) is 0 Å². The van der Waals surface area contributed by atoms with E-state index in [-0.39, 0.29) is 5.54 Å². The van der Waals surface area contributed by atoms with Gasteiger partial charge in [0, 0.05) is 35.9 Å². The van der Waals surface area contributed by atoms with Crippen LogP contribution in [0.2, 0.25) is 5.02 Å². The molecule has 0 unspecified atom stereocenters. The van der Waals surface area contributed by atoms with E-state index in [1.807, 2.05) is 12.1 Å². The van der Waals surface area contributed by atoms with Gasteiger partial charge in [-0.05, 0) is 43.2 Å². The molecule has 0 fully saturated rings. The van der Waals surface area contributed by atoms with Gasteiger partial charge in [-0.15, -0.1) is 0 Å². The SMILES string of the molecule is CC1(C)CN(Cc2cccc(Cl)c2)c2ccccc2CN1. The van der Waals surface area contributed by atoms with E-state index >= 15 is 0 Å². The Hall–Kier alpha value is -1.51. The fraction of sp³-hybridized carbons (Fsp3) is 0.333. The molecule has 1 aliphatic rings. The van der Waals surface area contributed by atoms with Crippen LogP contribution < -0.4 is 10.2 Å². The highest BCUT2D eigenvalue weighted by Gasteiger charge is 2.26. The first-order valence-corrected chi connectivity index (χ1v) is 7.74. The molecule has 1 aliphatic heterocycles. The summed E-state index contributed by atoms with van der Waals surface area (Å²) in [5.41, 5.74) is 3.99. The van der Waals surface area contributed by atoms with Crippen LogP contribution in [0.25, 0.3) is 0 Å². The molecule has 0 aromatic heterocycles. The summed E-state index contributed by atoms with van der Waals surface area (Å²) in [6.07, 6.45) is 0. The van der Waals surface area contributed by atoms with Crippen LogP contribution in [-0.2, 0) is 13.1 Å². The molecule has 3 heteroatoms. The van der Waals surface area contributed by atoms with Gasteiger partial charge >= 0.3 is 0 Å². The van der Waals surface area contributed by atoms with Crippen molar-refractivity contribution >= 4 is 17.3 Å². The van der Waals surface area contributed by atoms with E-state index in [0.29, 0.717) is 0 Å². The van der Waals surface area contributed by atoms with Crippen LogP contribution in [0.1, 0.15) is 25.0 Å². The first-order chi connectivity index (χ1) is 10.0. The van der Waals surface area contributed by atoms with Crippen LogP contribution in [0.15, 0.2) is 48.5 Å². The van der Waals surface area contributed by atoms with Gasteiger partial charge in [0.2, 0.25) is 0 Å². The van der Waals surface area contributed by atoms with Gasteiger partial charge in [0.1, 0.15) is 0 Å². The van der Waals surface area contributed by atoms with Gasteiger partial charge in [-0.3, -0.25) is 0 Å². The highest BCUT2D eigenvalue weighted by Crippen LogP contribution is 2.28. The van der Waals surface area contributed by atoms with Crippen molar-refractivity contribution in [2.75, 3.05) is 11.4 Å². The average molecular weight is 301 g/mol. The third-order valence-electron chi connectivity index (χ3n) is 3.94. The molecule has 0 saturated carbocycles. The number of anilines is 1. The van der Waals surface area contributed by atoms with E-state index in [4.69, 9.17) is 11.6 Å². The van der Waals surface area contributed by atoms with E-state index in [0.717, 1.165) is 24.7 Å². The largest absolute Gasteiger partial charge is 0.365 e. The highest BCUT2D eigenvalue weighted by molar-refractivity contribution is 6.30. The number of hydrogen-bond donors (Lipinski definition) is 1. The van der Waals surface area contributed by atoms with E-state index in [1.165, 1.54) is 16.8 Å². The number of hydrogen-bond acceptors (Lipinski definition) is 2. The Morgan fingerprint density at radius 1 is 1.14 bits per heavy atom. The fourth-order valence-electron chi connectivity index (χ4n) is 2.92. The number of benzene rings is 2. The average Bonchev–Trinajstić information content (AvgIpc) is 2.56. The van der Waals surface area contributed by atoms with Crippen LogP contribution in [0.4, 0.5) is 5.69 Å². The second-order valence-corrected chi connectivity index (χ2v) is 6.79. The minimum Gasteiger partial charge on any atom is -0.365 e. The third-order valence-corrected chi connectivity index (χ3v) is 4.17. The fourth-order valence-corrected chi connectivity index (χ4v) is 3.13. The number of fused-ring (bicyclic) bond motifs is 1. The molecule has 2 nitrogen and oxygen atoms in total.